The first-order valence-electron chi connectivity index (χ1n) is 6.76. The van der Waals surface area contributed by atoms with Gasteiger partial charge in [-0.05, 0) is 31.9 Å². The van der Waals surface area contributed by atoms with E-state index in [1.807, 2.05) is 19.1 Å². The van der Waals surface area contributed by atoms with Crippen molar-refractivity contribution in [3.8, 4) is 6.07 Å². The number of piperidine rings is 1. The standard InChI is InChI=1S/C14H16N6/c1-10-11(7-15)4-5-14(17-10)20-6-2-3-12(9-20)13-8-16-19-18-13/h4-5,8,12H,2-3,6,9H2,1H3,(H,16,18,19). The van der Waals surface area contributed by atoms with Gasteiger partial charge < -0.3 is 4.90 Å². The molecule has 3 rings (SSSR count). The Morgan fingerprint density at radius 1 is 1.45 bits per heavy atom. The second-order valence-electron chi connectivity index (χ2n) is 5.09. The second-order valence-corrected chi connectivity index (χ2v) is 5.09. The Labute approximate surface area is 117 Å². The molecule has 0 spiro atoms. The predicted molar refractivity (Wildman–Crippen MR) is 74.3 cm³/mol. The van der Waals surface area contributed by atoms with Gasteiger partial charge in [-0.15, -0.1) is 0 Å². The van der Waals surface area contributed by atoms with Gasteiger partial charge in [-0.3, -0.25) is 0 Å². The lowest BCUT2D eigenvalue weighted by Gasteiger charge is -2.32. The van der Waals surface area contributed by atoms with Crippen LogP contribution in [0.25, 0.3) is 0 Å². The number of nitrogens with one attached hydrogen (secondary N) is 1. The number of nitrogens with zero attached hydrogens (tertiary/aromatic N) is 5. The summed E-state index contributed by atoms with van der Waals surface area (Å²) < 4.78 is 0. The Morgan fingerprint density at radius 3 is 3.05 bits per heavy atom. The number of aromatic amines is 1. The van der Waals surface area contributed by atoms with Gasteiger partial charge in [-0.25, -0.2) is 4.98 Å². The summed E-state index contributed by atoms with van der Waals surface area (Å²) in [5.74, 6) is 1.33. The largest absolute Gasteiger partial charge is 0.356 e. The quantitative estimate of drug-likeness (QED) is 0.897. The van der Waals surface area contributed by atoms with Crippen molar-refractivity contribution in [3.05, 3.63) is 35.3 Å². The molecule has 6 nitrogen and oxygen atoms in total. The third-order valence-corrected chi connectivity index (χ3v) is 3.79. The van der Waals surface area contributed by atoms with Crippen molar-refractivity contribution < 1.29 is 0 Å². The van der Waals surface area contributed by atoms with Crippen LogP contribution in [-0.2, 0) is 0 Å². The van der Waals surface area contributed by atoms with E-state index in [0.717, 1.165) is 43.1 Å². The number of aromatic nitrogens is 4. The lowest BCUT2D eigenvalue weighted by atomic mass is 9.95. The maximum absolute atomic E-state index is 8.96. The number of rotatable bonds is 2. The molecule has 3 heterocycles. The van der Waals surface area contributed by atoms with Crippen molar-refractivity contribution in [2.45, 2.75) is 25.7 Å². The highest BCUT2D eigenvalue weighted by atomic mass is 15.3. The van der Waals surface area contributed by atoms with Crippen molar-refractivity contribution in [1.82, 2.24) is 20.4 Å². The Morgan fingerprint density at radius 2 is 2.35 bits per heavy atom. The number of H-pyrrole nitrogens is 1. The van der Waals surface area contributed by atoms with Crippen molar-refractivity contribution in [2.75, 3.05) is 18.0 Å². The molecule has 0 amide bonds. The van der Waals surface area contributed by atoms with Crippen LogP contribution in [0, 0.1) is 18.3 Å². The summed E-state index contributed by atoms with van der Waals surface area (Å²) >= 11 is 0. The highest BCUT2D eigenvalue weighted by Crippen LogP contribution is 2.28. The normalized spacial score (nSPS) is 18.8. The molecule has 6 heteroatoms. The Hall–Kier alpha value is -2.42. The molecule has 0 saturated carbocycles. The summed E-state index contributed by atoms with van der Waals surface area (Å²) in [4.78, 5) is 6.80. The summed E-state index contributed by atoms with van der Waals surface area (Å²) in [5, 5.41) is 19.7. The van der Waals surface area contributed by atoms with Crippen LogP contribution in [0.5, 0.6) is 0 Å². The SMILES string of the molecule is Cc1nc(N2CCCC(c3cn[nH]n3)C2)ccc1C#N. The van der Waals surface area contributed by atoms with Gasteiger partial charge in [-0.2, -0.15) is 20.7 Å². The van der Waals surface area contributed by atoms with Crippen LogP contribution in [-0.4, -0.2) is 33.5 Å². The number of hydrogen-bond donors (Lipinski definition) is 1. The summed E-state index contributed by atoms with van der Waals surface area (Å²) in [6, 6.07) is 5.93. The summed E-state index contributed by atoms with van der Waals surface area (Å²) in [6.07, 6.45) is 4.03. The summed E-state index contributed by atoms with van der Waals surface area (Å²) in [5.41, 5.74) is 2.44. The minimum atomic E-state index is 0.389. The molecule has 20 heavy (non-hydrogen) atoms. The molecule has 1 aliphatic heterocycles. The Balaban J connectivity index is 1.80. The Bertz CT molecular complexity index is 628. The highest BCUT2D eigenvalue weighted by molar-refractivity contribution is 5.45. The molecule has 0 aromatic carbocycles. The monoisotopic (exact) mass is 268 g/mol. The van der Waals surface area contributed by atoms with Crippen LogP contribution in [0.3, 0.4) is 0 Å². The fraction of sp³-hybridized carbons (Fsp3) is 0.429. The van der Waals surface area contributed by atoms with E-state index in [2.05, 4.69) is 31.4 Å². The maximum atomic E-state index is 8.96. The number of aryl methyl sites for hydroxylation is 1. The average molecular weight is 268 g/mol. The third-order valence-electron chi connectivity index (χ3n) is 3.79. The summed E-state index contributed by atoms with van der Waals surface area (Å²) in [7, 11) is 0. The zero-order valence-electron chi connectivity index (χ0n) is 11.4. The molecule has 1 unspecified atom stereocenters. The molecule has 2 aromatic heterocycles. The number of pyridine rings is 1. The lowest BCUT2D eigenvalue weighted by Crippen LogP contribution is -2.35. The van der Waals surface area contributed by atoms with E-state index in [-0.39, 0.29) is 0 Å². The average Bonchev–Trinajstić information content (AvgIpc) is 3.01. The number of hydrogen-bond acceptors (Lipinski definition) is 5. The minimum absolute atomic E-state index is 0.389. The van der Waals surface area contributed by atoms with Crippen molar-refractivity contribution >= 4 is 5.82 Å². The molecule has 102 valence electrons. The van der Waals surface area contributed by atoms with Crippen molar-refractivity contribution in [1.29, 1.82) is 5.26 Å². The van der Waals surface area contributed by atoms with E-state index in [1.165, 1.54) is 0 Å². The molecule has 1 saturated heterocycles. The zero-order chi connectivity index (χ0) is 13.9. The van der Waals surface area contributed by atoms with Gasteiger partial charge in [0.2, 0.25) is 0 Å². The molecule has 2 aromatic rings. The smallest absolute Gasteiger partial charge is 0.128 e. The van der Waals surface area contributed by atoms with Crippen LogP contribution in [0.15, 0.2) is 18.3 Å². The van der Waals surface area contributed by atoms with Crippen molar-refractivity contribution in [3.63, 3.8) is 0 Å². The van der Waals surface area contributed by atoms with Crippen LogP contribution >= 0.6 is 0 Å². The van der Waals surface area contributed by atoms with E-state index in [1.54, 1.807) is 6.20 Å². The Kier molecular flexibility index (Phi) is 3.33. The molecular weight excluding hydrogens is 252 g/mol. The van der Waals surface area contributed by atoms with Crippen LogP contribution in [0.1, 0.15) is 35.7 Å². The molecule has 1 N–H and O–H groups in total. The predicted octanol–water partition coefficient (Wildman–Crippen LogP) is 1.76. The van der Waals surface area contributed by atoms with Gasteiger partial charge in [0.1, 0.15) is 11.9 Å². The third kappa shape index (κ3) is 2.35. The molecule has 0 aliphatic carbocycles. The second kappa shape index (κ2) is 5.29. The molecule has 1 aliphatic rings. The summed E-state index contributed by atoms with van der Waals surface area (Å²) in [6.45, 7) is 3.76. The van der Waals surface area contributed by atoms with Gasteiger partial charge in [0.05, 0.1) is 23.1 Å². The lowest BCUT2D eigenvalue weighted by molar-refractivity contribution is 0.498. The van der Waals surface area contributed by atoms with Crippen molar-refractivity contribution in [2.24, 2.45) is 0 Å². The van der Waals surface area contributed by atoms with Crippen LogP contribution in [0.4, 0.5) is 5.82 Å². The van der Waals surface area contributed by atoms with E-state index in [9.17, 15) is 0 Å². The van der Waals surface area contributed by atoms with E-state index in [0.29, 0.717) is 11.5 Å². The highest BCUT2D eigenvalue weighted by Gasteiger charge is 2.24. The van der Waals surface area contributed by atoms with E-state index in [4.69, 9.17) is 5.26 Å². The van der Waals surface area contributed by atoms with Gasteiger partial charge in [0.25, 0.3) is 0 Å². The van der Waals surface area contributed by atoms with Gasteiger partial charge >= 0.3 is 0 Å². The molecule has 1 fully saturated rings. The minimum Gasteiger partial charge on any atom is -0.356 e. The molecule has 0 radical (unpaired) electrons. The first-order valence-corrected chi connectivity index (χ1v) is 6.76. The van der Waals surface area contributed by atoms with Crippen LogP contribution in [0.2, 0.25) is 0 Å². The zero-order valence-corrected chi connectivity index (χ0v) is 11.4. The van der Waals surface area contributed by atoms with Gasteiger partial charge in [0.15, 0.2) is 0 Å². The van der Waals surface area contributed by atoms with E-state index < -0.39 is 0 Å². The fourth-order valence-electron chi connectivity index (χ4n) is 2.68. The first-order chi connectivity index (χ1) is 9.78. The first kappa shape index (κ1) is 12.6. The van der Waals surface area contributed by atoms with E-state index >= 15 is 0 Å². The fourth-order valence-corrected chi connectivity index (χ4v) is 2.68. The van der Waals surface area contributed by atoms with Crippen LogP contribution < -0.4 is 4.90 Å². The number of nitriles is 1. The molecular formula is C14H16N6. The molecule has 1 atom stereocenters. The number of anilines is 1. The topological polar surface area (TPSA) is 81.5 Å². The maximum Gasteiger partial charge on any atom is 0.128 e. The van der Waals surface area contributed by atoms with Gasteiger partial charge in [-0.1, -0.05) is 0 Å². The van der Waals surface area contributed by atoms with Gasteiger partial charge in [0, 0.05) is 19.0 Å². The molecule has 0 bridgehead atoms.